The Hall–Kier alpha value is -0.640. The largest absolute Gasteiger partial charge is 0.385 e. The van der Waals surface area contributed by atoms with Gasteiger partial charge in [0.05, 0.1) is 6.54 Å². The highest BCUT2D eigenvalue weighted by molar-refractivity contribution is 14.0. The molecule has 0 spiro atoms. The summed E-state index contributed by atoms with van der Waals surface area (Å²) in [6.45, 7) is 11.7. The van der Waals surface area contributed by atoms with Crippen molar-refractivity contribution in [2.75, 3.05) is 46.4 Å². The van der Waals surface area contributed by atoms with Crippen molar-refractivity contribution in [1.29, 1.82) is 0 Å². The van der Waals surface area contributed by atoms with Crippen molar-refractivity contribution in [3.8, 4) is 0 Å². The SMILES string of the molecule is CCNC(=NCC(C)(C)c1ccc(F)cc1Cl)NC1CCN(CCCOC)CC1.I. The van der Waals surface area contributed by atoms with Gasteiger partial charge in [0.25, 0.3) is 0 Å². The van der Waals surface area contributed by atoms with Gasteiger partial charge in [0.15, 0.2) is 5.96 Å². The van der Waals surface area contributed by atoms with Gasteiger partial charge in [-0.05, 0) is 43.9 Å². The Bertz CT molecular complexity index is 667. The average molecular weight is 555 g/mol. The number of nitrogens with zero attached hydrogens (tertiary/aromatic N) is 2. The molecule has 5 nitrogen and oxygen atoms in total. The first-order valence-corrected chi connectivity index (χ1v) is 10.9. The number of benzene rings is 1. The number of ether oxygens (including phenoxy) is 1. The minimum atomic E-state index is -0.318. The Kier molecular flexibility index (Phi) is 12.5. The molecule has 0 saturated carbocycles. The first-order valence-electron chi connectivity index (χ1n) is 10.6. The van der Waals surface area contributed by atoms with Crippen LogP contribution in [0.2, 0.25) is 5.02 Å². The molecular weight excluding hydrogens is 518 g/mol. The van der Waals surface area contributed by atoms with Crippen LogP contribution in [0.15, 0.2) is 23.2 Å². The summed E-state index contributed by atoms with van der Waals surface area (Å²) in [4.78, 5) is 7.31. The molecule has 1 aromatic carbocycles. The van der Waals surface area contributed by atoms with Crippen molar-refractivity contribution in [2.24, 2.45) is 4.99 Å². The molecule has 30 heavy (non-hydrogen) atoms. The van der Waals surface area contributed by atoms with Crippen molar-refractivity contribution in [3.05, 3.63) is 34.6 Å². The summed E-state index contributed by atoms with van der Waals surface area (Å²) >= 11 is 6.27. The van der Waals surface area contributed by atoms with E-state index in [2.05, 4.69) is 36.3 Å². The minimum Gasteiger partial charge on any atom is -0.385 e. The van der Waals surface area contributed by atoms with Gasteiger partial charge in [-0.15, -0.1) is 24.0 Å². The van der Waals surface area contributed by atoms with Crippen LogP contribution in [-0.4, -0.2) is 63.3 Å². The molecule has 0 aromatic heterocycles. The number of guanidine groups is 1. The summed E-state index contributed by atoms with van der Waals surface area (Å²) in [5.41, 5.74) is 0.613. The highest BCUT2D eigenvalue weighted by atomic mass is 127. The zero-order valence-electron chi connectivity index (χ0n) is 18.6. The maximum Gasteiger partial charge on any atom is 0.191 e. The Morgan fingerprint density at radius 3 is 2.63 bits per heavy atom. The molecule has 0 radical (unpaired) electrons. The van der Waals surface area contributed by atoms with Crippen LogP contribution in [0.3, 0.4) is 0 Å². The number of hydrogen-bond donors (Lipinski definition) is 2. The summed E-state index contributed by atoms with van der Waals surface area (Å²) in [6, 6.07) is 5.00. The van der Waals surface area contributed by atoms with Crippen molar-refractivity contribution < 1.29 is 9.13 Å². The van der Waals surface area contributed by atoms with Crippen molar-refractivity contribution >= 4 is 41.5 Å². The molecule has 1 heterocycles. The number of nitrogens with one attached hydrogen (secondary N) is 2. The maximum atomic E-state index is 13.4. The molecule has 1 aliphatic heterocycles. The van der Waals surface area contributed by atoms with Crippen LogP contribution in [0.4, 0.5) is 4.39 Å². The number of rotatable bonds is 9. The lowest BCUT2D eigenvalue weighted by atomic mass is 9.84. The number of aliphatic imine (C=N–C) groups is 1. The number of methoxy groups -OCH3 is 1. The topological polar surface area (TPSA) is 48.9 Å². The van der Waals surface area contributed by atoms with Gasteiger partial charge in [0.1, 0.15) is 5.82 Å². The predicted octanol–water partition coefficient (Wildman–Crippen LogP) is 4.43. The molecule has 0 unspecified atom stereocenters. The normalized spacial score (nSPS) is 16.3. The van der Waals surface area contributed by atoms with Crippen molar-refractivity contribution in [1.82, 2.24) is 15.5 Å². The molecule has 1 saturated heterocycles. The van der Waals surface area contributed by atoms with Crippen molar-refractivity contribution in [3.63, 3.8) is 0 Å². The van der Waals surface area contributed by atoms with E-state index in [-0.39, 0.29) is 35.2 Å². The molecule has 172 valence electrons. The summed E-state index contributed by atoms with van der Waals surface area (Å²) in [5, 5.41) is 7.38. The molecule has 0 atom stereocenters. The lowest BCUT2D eigenvalue weighted by Crippen LogP contribution is -2.49. The second-order valence-corrected chi connectivity index (χ2v) is 8.72. The molecule has 0 bridgehead atoms. The first kappa shape index (κ1) is 27.4. The van der Waals surface area contributed by atoms with E-state index >= 15 is 0 Å². The fourth-order valence-corrected chi connectivity index (χ4v) is 4.07. The molecule has 1 fully saturated rings. The molecule has 2 rings (SSSR count). The van der Waals surface area contributed by atoms with E-state index in [0.717, 1.165) is 63.6 Å². The third kappa shape index (κ3) is 8.85. The van der Waals surface area contributed by atoms with E-state index in [4.69, 9.17) is 21.3 Å². The van der Waals surface area contributed by atoms with Crippen LogP contribution in [0.1, 0.15) is 45.6 Å². The zero-order valence-corrected chi connectivity index (χ0v) is 21.7. The van der Waals surface area contributed by atoms with E-state index in [1.54, 1.807) is 13.2 Å². The molecular formula is C22H37ClFIN4O. The van der Waals surface area contributed by atoms with Crippen LogP contribution >= 0.6 is 35.6 Å². The van der Waals surface area contributed by atoms with Gasteiger partial charge in [-0.3, -0.25) is 4.99 Å². The predicted molar refractivity (Wildman–Crippen MR) is 135 cm³/mol. The van der Waals surface area contributed by atoms with E-state index in [9.17, 15) is 4.39 Å². The second kappa shape index (κ2) is 13.7. The standard InChI is InChI=1S/C22H36ClFN4O.HI/c1-5-25-21(27-18-9-12-28(13-10-18)11-6-14-29-4)26-16-22(2,3)19-8-7-17(24)15-20(19)23;/h7-8,15,18H,5-6,9-14,16H2,1-4H3,(H2,25,26,27);1H. The fourth-order valence-electron chi connectivity index (χ4n) is 3.65. The number of halogens is 3. The van der Waals surface area contributed by atoms with Gasteiger partial charge in [-0.2, -0.15) is 0 Å². The van der Waals surface area contributed by atoms with Gasteiger partial charge >= 0.3 is 0 Å². The minimum absolute atomic E-state index is 0. The van der Waals surface area contributed by atoms with Crippen LogP contribution < -0.4 is 10.6 Å². The Morgan fingerprint density at radius 2 is 2.03 bits per heavy atom. The van der Waals surface area contributed by atoms with Crippen molar-refractivity contribution in [2.45, 2.75) is 51.5 Å². The third-order valence-electron chi connectivity index (χ3n) is 5.39. The Balaban J connectivity index is 0.00000450. The van der Waals surface area contributed by atoms with Gasteiger partial charge in [-0.25, -0.2) is 4.39 Å². The number of hydrogen-bond acceptors (Lipinski definition) is 3. The van der Waals surface area contributed by atoms with Crippen LogP contribution in [-0.2, 0) is 10.2 Å². The lowest BCUT2D eigenvalue weighted by Gasteiger charge is -2.33. The molecule has 0 aliphatic carbocycles. The zero-order chi connectivity index (χ0) is 21.3. The summed E-state index contributed by atoms with van der Waals surface area (Å²) in [6.07, 6.45) is 3.29. The Morgan fingerprint density at radius 1 is 1.33 bits per heavy atom. The number of likely N-dealkylation sites (tertiary alicyclic amines) is 1. The van der Waals surface area contributed by atoms with Gasteiger partial charge in [0.2, 0.25) is 0 Å². The van der Waals surface area contributed by atoms with Crippen LogP contribution in [0.5, 0.6) is 0 Å². The summed E-state index contributed by atoms with van der Waals surface area (Å²) in [5.74, 6) is 0.512. The maximum absolute atomic E-state index is 13.4. The van der Waals surface area contributed by atoms with E-state index in [0.29, 0.717) is 17.6 Å². The lowest BCUT2D eigenvalue weighted by molar-refractivity contribution is 0.155. The van der Waals surface area contributed by atoms with Crippen LogP contribution in [0, 0.1) is 5.82 Å². The van der Waals surface area contributed by atoms with E-state index < -0.39 is 0 Å². The second-order valence-electron chi connectivity index (χ2n) is 8.31. The van der Waals surface area contributed by atoms with Gasteiger partial charge < -0.3 is 20.3 Å². The first-order chi connectivity index (χ1) is 13.9. The van der Waals surface area contributed by atoms with E-state index in [1.807, 2.05) is 0 Å². The molecule has 0 amide bonds. The smallest absolute Gasteiger partial charge is 0.191 e. The van der Waals surface area contributed by atoms with E-state index in [1.165, 1.54) is 12.1 Å². The number of piperidine rings is 1. The van der Waals surface area contributed by atoms with Gasteiger partial charge in [0, 0.05) is 56.4 Å². The van der Waals surface area contributed by atoms with Gasteiger partial charge in [-0.1, -0.05) is 31.5 Å². The monoisotopic (exact) mass is 554 g/mol. The molecule has 1 aromatic rings. The average Bonchev–Trinajstić information content (AvgIpc) is 2.67. The quantitative estimate of drug-likeness (QED) is 0.205. The third-order valence-corrected chi connectivity index (χ3v) is 5.70. The molecule has 8 heteroatoms. The fraction of sp³-hybridized carbons (Fsp3) is 0.682. The summed E-state index contributed by atoms with van der Waals surface area (Å²) in [7, 11) is 1.75. The highest BCUT2D eigenvalue weighted by Crippen LogP contribution is 2.30. The molecule has 2 N–H and O–H groups in total. The highest BCUT2D eigenvalue weighted by Gasteiger charge is 2.24. The Labute approximate surface area is 203 Å². The molecule has 1 aliphatic rings. The van der Waals surface area contributed by atoms with Crippen LogP contribution in [0.25, 0.3) is 0 Å². The summed E-state index contributed by atoms with van der Waals surface area (Å²) < 4.78 is 18.5.